The summed E-state index contributed by atoms with van der Waals surface area (Å²) in [5.74, 6) is 0.774. The van der Waals surface area contributed by atoms with E-state index < -0.39 is 11.9 Å². The number of benzene rings is 2. The number of nitrogens with one attached hydrogen (secondary N) is 2. The first kappa shape index (κ1) is 25.0. The third kappa shape index (κ3) is 6.95. The third-order valence-electron chi connectivity index (χ3n) is 4.59. The number of amides is 2. The Morgan fingerprint density at radius 3 is 2.47 bits per heavy atom. The van der Waals surface area contributed by atoms with E-state index in [4.69, 9.17) is 9.26 Å². The van der Waals surface area contributed by atoms with Crippen LogP contribution in [0.1, 0.15) is 12.7 Å². The van der Waals surface area contributed by atoms with Crippen LogP contribution in [-0.4, -0.2) is 41.7 Å². The lowest BCUT2D eigenvalue weighted by atomic mass is 10.0. The quantitative estimate of drug-likeness (QED) is 0.413. The number of ether oxygens (including phenoxy) is 2. The van der Waals surface area contributed by atoms with Crippen LogP contribution in [0.25, 0.3) is 11.1 Å². The monoisotopic (exact) mass is 491 g/mol. The summed E-state index contributed by atoms with van der Waals surface area (Å²) in [6, 6.07) is 12.7. The largest absolute Gasteiger partial charge is 0.497 e. The molecule has 0 aliphatic rings. The molecular weight excluding hydrogens is 468 g/mol. The van der Waals surface area contributed by atoms with E-state index in [2.05, 4.69) is 20.5 Å². The van der Waals surface area contributed by atoms with E-state index in [1.165, 1.54) is 19.2 Å². The van der Waals surface area contributed by atoms with Gasteiger partial charge in [0.15, 0.2) is 5.82 Å². The van der Waals surface area contributed by atoms with Gasteiger partial charge in [-0.15, -0.1) is 11.8 Å². The molecule has 1 unspecified atom stereocenters. The van der Waals surface area contributed by atoms with E-state index in [1.54, 1.807) is 50.2 Å². The molecule has 1 heterocycles. The number of halogens is 2. The zero-order valence-electron chi connectivity index (χ0n) is 18.6. The molecule has 0 aliphatic carbocycles. The van der Waals surface area contributed by atoms with Crippen molar-refractivity contribution in [1.82, 2.24) is 5.16 Å². The van der Waals surface area contributed by atoms with Gasteiger partial charge in [0.25, 0.3) is 0 Å². The van der Waals surface area contributed by atoms with Gasteiger partial charge < -0.3 is 24.6 Å². The topological polar surface area (TPSA) is 103 Å². The van der Waals surface area contributed by atoms with Crippen molar-refractivity contribution in [2.24, 2.45) is 0 Å². The maximum atomic E-state index is 12.9. The molecule has 0 bridgehead atoms. The first-order chi connectivity index (χ1) is 16.2. The van der Waals surface area contributed by atoms with Crippen molar-refractivity contribution in [1.29, 1.82) is 0 Å². The summed E-state index contributed by atoms with van der Waals surface area (Å²) in [5, 5.41) is 8.50. The molecule has 0 spiro atoms. The molecule has 3 rings (SSSR count). The number of aromatic nitrogens is 1. The van der Waals surface area contributed by atoms with E-state index in [0.29, 0.717) is 34.1 Å². The molecule has 2 aromatic carbocycles. The summed E-state index contributed by atoms with van der Waals surface area (Å²) >= 11 is 1.13. The van der Waals surface area contributed by atoms with Crippen molar-refractivity contribution in [2.75, 3.05) is 23.5 Å². The highest BCUT2D eigenvalue weighted by molar-refractivity contribution is 8.01. The van der Waals surface area contributed by atoms with Crippen molar-refractivity contribution in [3.05, 3.63) is 54.3 Å². The predicted octanol–water partition coefficient (Wildman–Crippen LogP) is 4.96. The number of aryl methyl sites for hydroxylation is 1. The van der Waals surface area contributed by atoms with Crippen LogP contribution in [-0.2, 0) is 9.59 Å². The van der Waals surface area contributed by atoms with E-state index in [1.807, 2.05) is 0 Å². The Morgan fingerprint density at radius 2 is 1.85 bits per heavy atom. The van der Waals surface area contributed by atoms with Gasteiger partial charge in [0.1, 0.15) is 17.3 Å². The number of rotatable bonds is 10. The van der Waals surface area contributed by atoms with Crippen LogP contribution in [0.2, 0.25) is 0 Å². The first-order valence-electron chi connectivity index (χ1n) is 10.1. The lowest BCUT2D eigenvalue weighted by molar-refractivity contribution is -0.115. The molecule has 2 N–H and O–H groups in total. The number of methoxy groups -OCH3 is 1. The second-order valence-corrected chi connectivity index (χ2v) is 8.46. The van der Waals surface area contributed by atoms with Crippen molar-refractivity contribution < 1.29 is 32.4 Å². The molecular formula is C23H23F2N3O5S. The highest BCUT2D eigenvalue weighted by atomic mass is 32.2. The fourth-order valence-electron chi connectivity index (χ4n) is 2.93. The predicted molar refractivity (Wildman–Crippen MR) is 125 cm³/mol. The molecule has 0 aliphatic heterocycles. The van der Waals surface area contributed by atoms with Gasteiger partial charge in [-0.1, -0.05) is 17.3 Å². The van der Waals surface area contributed by atoms with E-state index in [0.717, 1.165) is 11.8 Å². The van der Waals surface area contributed by atoms with Crippen molar-refractivity contribution in [3.63, 3.8) is 0 Å². The maximum absolute atomic E-state index is 12.9. The fraction of sp³-hybridized carbons (Fsp3) is 0.261. The number of nitrogens with zero attached hydrogens (tertiary/aromatic N) is 1. The molecule has 1 atom stereocenters. The van der Waals surface area contributed by atoms with E-state index in [-0.39, 0.29) is 23.3 Å². The molecule has 0 saturated heterocycles. The van der Waals surface area contributed by atoms with Crippen LogP contribution < -0.4 is 20.1 Å². The number of anilines is 2. The minimum atomic E-state index is -3.00. The zero-order valence-corrected chi connectivity index (χ0v) is 19.4. The molecule has 180 valence electrons. The Bertz CT molecular complexity index is 1140. The smallest absolute Gasteiger partial charge is 0.387 e. The molecule has 3 aromatic rings. The molecule has 0 fully saturated rings. The van der Waals surface area contributed by atoms with Gasteiger partial charge in [-0.05, 0) is 49.7 Å². The maximum Gasteiger partial charge on any atom is 0.387 e. The zero-order chi connectivity index (χ0) is 24.7. The summed E-state index contributed by atoms with van der Waals surface area (Å²) in [6.07, 6.45) is 0. The van der Waals surface area contributed by atoms with Crippen molar-refractivity contribution in [3.8, 4) is 22.6 Å². The lowest BCUT2D eigenvalue weighted by Crippen LogP contribution is -2.25. The minimum Gasteiger partial charge on any atom is -0.497 e. The number of hydrogen-bond acceptors (Lipinski definition) is 7. The van der Waals surface area contributed by atoms with Gasteiger partial charge >= 0.3 is 6.61 Å². The Labute approximate surface area is 199 Å². The summed E-state index contributed by atoms with van der Waals surface area (Å²) in [6.45, 7) is 0.373. The van der Waals surface area contributed by atoms with E-state index in [9.17, 15) is 18.4 Å². The standard InChI is InChI=1S/C23H23F2N3O5S/c1-13-10-20(28-33-13)27-22(30)14(2)34-12-21(29)26-16-6-9-19(32-23(24)25)18(11-16)15-4-7-17(31-3)8-5-15/h4-11,14,23H,12H2,1-3H3,(H,26,29)(H,27,28,30). The summed E-state index contributed by atoms with van der Waals surface area (Å²) < 4.78 is 40.4. The second kappa shape index (κ2) is 11.5. The second-order valence-electron chi connectivity index (χ2n) is 7.13. The van der Waals surface area contributed by atoms with Crippen LogP contribution in [0.15, 0.2) is 53.1 Å². The summed E-state index contributed by atoms with van der Waals surface area (Å²) in [5.41, 5.74) is 1.38. The Balaban J connectivity index is 1.64. The first-order valence-corrected chi connectivity index (χ1v) is 11.2. The van der Waals surface area contributed by atoms with Crippen molar-refractivity contribution in [2.45, 2.75) is 25.7 Å². The Kier molecular flexibility index (Phi) is 8.47. The summed E-state index contributed by atoms with van der Waals surface area (Å²) in [4.78, 5) is 24.7. The molecule has 34 heavy (non-hydrogen) atoms. The molecule has 0 radical (unpaired) electrons. The fourth-order valence-corrected chi connectivity index (χ4v) is 3.61. The molecule has 11 heteroatoms. The molecule has 1 aromatic heterocycles. The highest BCUT2D eigenvalue weighted by Gasteiger charge is 2.18. The average molecular weight is 492 g/mol. The van der Waals surface area contributed by atoms with Gasteiger partial charge in [0.05, 0.1) is 18.1 Å². The van der Waals surface area contributed by atoms with Crippen LogP contribution in [0.4, 0.5) is 20.3 Å². The van der Waals surface area contributed by atoms with Gasteiger partial charge in [-0.25, -0.2) is 0 Å². The van der Waals surface area contributed by atoms with E-state index >= 15 is 0 Å². The minimum absolute atomic E-state index is 0.000412. The van der Waals surface area contributed by atoms with Crippen LogP contribution in [0, 0.1) is 6.92 Å². The SMILES string of the molecule is COc1ccc(-c2cc(NC(=O)CSC(C)C(=O)Nc3cc(C)on3)ccc2OC(F)F)cc1. The lowest BCUT2D eigenvalue weighted by Gasteiger charge is -2.14. The number of thioether (sulfide) groups is 1. The third-order valence-corrected chi connectivity index (χ3v) is 5.74. The normalized spacial score (nSPS) is 11.7. The average Bonchev–Trinajstić information content (AvgIpc) is 3.22. The van der Waals surface area contributed by atoms with Gasteiger partial charge in [0.2, 0.25) is 11.8 Å². The van der Waals surface area contributed by atoms with Gasteiger partial charge in [-0.2, -0.15) is 8.78 Å². The molecule has 0 saturated carbocycles. The number of alkyl halides is 2. The van der Waals surface area contributed by atoms with Gasteiger partial charge in [-0.3, -0.25) is 9.59 Å². The van der Waals surface area contributed by atoms with Crippen LogP contribution >= 0.6 is 11.8 Å². The van der Waals surface area contributed by atoms with Crippen LogP contribution in [0.3, 0.4) is 0 Å². The molecule has 2 amide bonds. The number of carbonyl (C=O) groups is 2. The number of carbonyl (C=O) groups excluding carboxylic acids is 2. The van der Waals surface area contributed by atoms with Gasteiger partial charge in [0, 0.05) is 17.3 Å². The Morgan fingerprint density at radius 1 is 1.12 bits per heavy atom. The van der Waals surface area contributed by atoms with Crippen LogP contribution in [0.5, 0.6) is 11.5 Å². The molecule has 8 nitrogen and oxygen atoms in total. The highest BCUT2D eigenvalue weighted by Crippen LogP contribution is 2.34. The number of hydrogen-bond donors (Lipinski definition) is 2. The Hall–Kier alpha value is -3.60. The van der Waals surface area contributed by atoms with Crippen molar-refractivity contribution >= 4 is 35.1 Å². The summed E-state index contributed by atoms with van der Waals surface area (Å²) in [7, 11) is 1.52.